The van der Waals surface area contributed by atoms with Gasteiger partial charge in [0, 0.05) is 0 Å². The lowest BCUT2D eigenvalue weighted by Crippen LogP contribution is -1.91. The van der Waals surface area contributed by atoms with Crippen molar-refractivity contribution in [3.05, 3.63) is 47.6 Å². The lowest BCUT2D eigenvalue weighted by molar-refractivity contribution is 0.967. The van der Waals surface area contributed by atoms with E-state index in [0.717, 1.165) is 6.42 Å². The summed E-state index contributed by atoms with van der Waals surface area (Å²) in [4.78, 5) is 0. The second-order valence-corrected chi connectivity index (χ2v) is 2.96. The molecule has 0 heteroatoms. The first-order chi connectivity index (χ1) is 7.47. The molecule has 0 aromatic carbocycles. The number of hydrogen-bond acceptors (Lipinski definition) is 0. The van der Waals surface area contributed by atoms with E-state index in [1.807, 2.05) is 27.7 Å². The van der Waals surface area contributed by atoms with Crippen LogP contribution in [0.25, 0.3) is 0 Å². The highest BCUT2D eigenvalue weighted by molar-refractivity contribution is 5.45. The Morgan fingerprint density at radius 2 is 1.73 bits per heavy atom. The van der Waals surface area contributed by atoms with E-state index in [2.05, 4.69) is 36.5 Å². The summed E-state index contributed by atoms with van der Waals surface area (Å²) in [5.74, 6) is 0. The van der Waals surface area contributed by atoms with Crippen LogP contribution in [0.4, 0.5) is 0 Å². The van der Waals surface area contributed by atoms with Gasteiger partial charge >= 0.3 is 0 Å². The summed E-state index contributed by atoms with van der Waals surface area (Å²) in [6.45, 7) is 8.00. The minimum Gasteiger partial charge on any atom is -0.0836 e. The van der Waals surface area contributed by atoms with Crippen LogP contribution in [-0.4, -0.2) is 0 Å². The summed E-state index contributed by atoms with van der Waals surface area (Å²) < 4.78 is 0. The van der Waals surface area contributed by atoms with E-state index in [-0.39, 0.29) is 0 Å². The molecule has 0 spiro atoms. The molecular weight excluding hydrogens is 180 g/mol. The molecule has 0 N–H and O–H groups in total. The second kappa shape index (κ2) is 9.51. The van der Waals surface area contributed by atoms with Crippen molar-refractivity contribution in [1.29, 1.82) is 0 Å². The third-order valence-corrected chi connectivity index (χ3v) is 2.16. The third kappa shape index (κ3) is 4.83. The van der Waals surface area contributed by atoms with E-state index in [1.165, 1.54) is 24.0 Å². The fourth-order valence-electron chi connectivity index (χ4n) is 1.54. The first-order valence-electron chi connectivity index (χ1n) is 6.19. The van der Waals surface area contributed by atoms with Crippen molar-refractivity contribution in [3.63, 3.8) is 0 Å². The topological polar surface area (TPSA) is 0 Å². The van der Waals surface area contributed by atoms with E-state index in [0.29, 0.717) is 0 Å². The van der Waals surface area contributed by atoms with Crippen LogP contribution in [0.15, 0.2) is 47.6 Å². The molecule has 2 rings (SSSR count). The lowest BCUT2D eigenvalue weighted by atomic mass is 9.95. The van der Waals surface area contributed by atoms with Gasteiger partial charge in [0.2, 0.25) is 0 Å². The van der Waals surface area contributed by atoms with Crippen molar-refractivity contribution in [2.24, 2.45) is 0 Å². The maximum atomic E-state index is 2.30. The minimum absolute atomic E-state index is 1.08. The van der Waals surface area contributed by atoms with Gasteiger partial charge in [0.1, 0.15) is 0 Å². The van der Waals surface area contributed by atoms with Crippen LogP contribution in [0.1, 0.15) is 47.0 Å². The van der Waals surface area contributed by atoms with Crippen LogP contribution >= 0.6 is 0 Å². The molecule has 0 nitrogen and oxygen atoms in total. The molecule has 2 aliphatic carbocycles. The summed E-state index contributed by atoms with van der Waals surface area (Å²) in [6.07, 6.45) is 16.9. The number of fused-ring (bicyclic) bond motifs is 1. The molecule has 0 saturated carbocycles. The zero-order valence-electron chi connectivity index (χ0n) is 10.6. The monoisotopic (exact) mass is 204 g/mol. The Hall–Kier alpha value is -1.04. The van der Waals surface area contributed by atoms with Gasteiger partial charge in [0.25, 0.3) is 0 Å². The molecule has 0 heterocycles. The van der Waals surface area contributed by atoms with E-state index in [4.69, 9.17) is 0 Å². The zero-order chi connectivity index (χ0) is 11.5. The molecule has 0 fully saturated rings. The molecule has 0 aliphatic heterocycles. The Morgan fingerprint density at radius 1 is 1.00 bits per heavy atom. The van der Waals surface area contributed by atoms with Crippen molar-refractivity contribution in [1.82, 2.24) is 0 Å². The Balaban J connectivity index is 0.000000442. The molecular formula is C15H24. The lowest BCUT2D eigenvalue weighted by Gasteiger charge is -2.10. The molecule has 84 valence electrons. The predicted molar refractivity (Wildman–Crippen MR) is 71.0 cm³/mol. The van der Waals surface area contributed by atoms with Gasteiger partial charge in [-0.05, 0) is 30.4 Å². The average molecular weight is 204 g/mol. The highest BCUT2D eigenvalue weighted by Gasteiger charge is 2.05. The quantitative estimate of drug-likeness (QED) is 0.508. The summed E-state index contributed by atoms with van der Waals surface area (Å²) in [5.41, 5.74) is 2.93. The number of allylic oxidation sites excluding steroid dienone is 8. The van der Waals surface area contributed by atoms with E-state index >= 15 is 0 Å². The smallest absolute Gasteiger partial charge is 0.0157 e. The van der Waals surface area contributed by atoms with Crippen molar-refractivity contribution in [2.75, 3.05) is 0 Å². The Morgan fingerprint density at radius 3 is 2.47 bits per heavy atom. The SMILES string of the molecule is C1=CCC=C2C=CCCC2=C1.CC.CC. The summed E-state index contributed by atoms with van der Waals surface area (Å²) in [7, 11) is 0. The molecule has 0 amide bonds. The van der Waals surface area contributed by atoms with Crippen LogP contribution in [-0.2, 0) is 0 Å². The van der Waals surface area contributed by atoms with Gasteiger partial charge in [0.15, 0.2) is 0 Å². The highest BCUT2D eigenvalue weighted by Crippen LogP contribution is 2.24. The van der Waals surface area contributed by atoms with Crippen molar-refractivity contribution in [3.8, 4) is 0 Å². The van der Waals surface area contributed by atoms with Crippen LogP contribution in [0.5, 0.6) is 0 Å². The number of hydrogen-bond donors (Lipinski definition) is 0. The predicted octanol–water partition coefficient (Wildman–Crippen LogP) is 5.20. The van der Waals surface area contributed by atoms with E-state index in [1.54, 1.807) is 0 Å². The molecule has 0 radical (unpaired) electrons. The molecule has 0 atom stereocenters. The highest BCUT2D eigenvalue weighted by atomic mass is 14.1. The average Bonchev–Trinajstić information content (AvgIpc) is 2.59. The fraction of sp³-hybridized carbons (Fsp3) is 0.467. The summed E-state index contributed by atoms with van der Waals surface area (Å²) in [6, 6.07) is 0. The van der Waals surface area contributed by atoms with Crippen LogP contribution < -0.4 is 0 Å². The van der Waals surface area contributed by atoms with Crippen LogP contribution in [0.2, 0.25) is 0 Å². The maximum absolute atomic E-state index is 2.30. The molecule has 0 aromatic heterocycles. The molecule has 0 bridgehead atoms. The fourth-order valence-corrected chi connectivity index (χ4v) is 1.54. The molecule has 15 heavy (non-hydrogen) atoms. The molecule has 0 unspecified atom stereocenters. The van der Waals surface area contributed by atoms with Gasteiger partial charge in [-0.1, -0.05) is 64.2 Å². The Kier molecular flexibility index (Phi) is 8.85. The normalized spacial score (nSPS) is 16.8. The van der Waals surface area contributed by atoms with Crippen LogP contribution in [0, 0.1) is 0 Å². The van der Waals surface area contributed by atoms with Gasteiger partial charge in [-0.3, -0.25) is 0 Å². The third-order valence-electron chi connectivity index (χ3n) is 2.16. The summed E-state index contributed by atoms with van der Waals surface area (Å²) in [5, 5.41) is 0. The van der Waals surface area contributed by atoms with Crippen molar-refractivity contribution < 1.29 is 0 Å². The second-order valence-electron chi connectivity index (χ2n) is 2.96. The largest absolute Gasteiger partial charge is 0.0836 e. The van der Waals surface area contributed by atoms with Gasteiger partial charge in [-0.15, -0.1) is 0 Å². The maximum Gasteiger partial charge on any atom is -0.0157 e. The van der Waals surface area contributed by atoms with Crippen molar-refractivity contribution in [2.45, 2.75) is 47.0 Å². The first kappa shape index (κ1) is 14.0. The van der Waals surface area contributed by atoms with Gasteiger partial charge in [-0.2, -0.15) is 0 Å². The zero-order valence-corrected chi connectivity index (χ0v) is 10.6. The minimum atomic E-state index is 1.08. The Labute approximate surface area is 95.1 Å². The molecule has 2 aliphatic rings. The van der Waals surface area contributed by atoms with Crippen molar-refractivity contribution >= 4 is 0 Å². The standard InChI is InChI=1S/C11H12.2C2H6/c1-2-6-10-8-4-5-9-11(10)7-3-1;2*1-2/h1-2,5-7,9H,3-4,8H2;2*1-2H3. The van der Waals surface area contributed by atoms with E-state index < -0.39 is 0 Å². The first-order valence-corrected chi connectivity index (χ1v) is 6.19. The van der Waals surface area contributed by atoms with Gasteiger partial charge < -0.3 is 0 Å². The molecule has 0 aromatic rings. The molecule has 0 saturated heterocycles. The summed E-state index contributed by atoms with van der Waals surface area (Å²) >= 11 is 0. The van der Waals surface area contributed by atoms with Gasteiger partial charge in [-0.25, -0.2) is 0 Å². The van der Waals surface area contributed by atoms with Crippen LogP contribution in [0.3, 0.4) is 0 Å². The number of rotatable bonds is 0. The van der Waals surface area contributed by atoms with Gasteiger partial charge in [0.05, 0.1) is 0 Å². The Bertz CT molecular complexity index is 262. The van der Waals surface area contributed by atoms with E-state index in [9.17, 15) is 0 Å².